The Morgan fingerprint density at radius 1 is 1.30 bits per heavy atom. The lowest BCUT2D eigenvalue weighted by Gasteiger charge is -2.31. The number of amides is 1. The summed E-state index contributed by atoms with van der Waals surface area (Å²) in [5.74, 6) is 0.561. The summed E-state index contributed by atoms with van der Waals surface area (Å²) in [6, 6.07) is 14.0. The predicted octanol–water partition coefficient (Wildman–Crippen LogP) is 4.37. The van der Waals surface area contributed by atoms with Crippen molar-refractivity contribution in [3.05, 3.63) is 58.6 Å². The lowest BCUT2D eigenvalue weighted by atomic mass is 10.0. The molecule has 2 aromatic carbocycles. The highest BCUT2D eigenvalue weighted by Gasteiger charge is 2.17. The number of para-hydroxylation sites is 1. The molecule has 1 aliphatic heterocycles. The Morgan fingerprint density at radius 3 is 2.93 bits per heavy atom. The zero-order chi connectivity index (χ0) is 19.2. The van der Waals surface area contributed by atoms with Crippen molar-refractivity contribution in [3.63, 3.8) is 0 Å². The molecule has 0 unspecified atom stereocenters. The number of anilines is 1. The monoisotopic (exact) mass is 386 g/mol. The van der Waals surface area contributed by atoms with E-state index >= 15 is 0 Å². The van der Waals surface area contributed by atoms with E-state index in [1.165, 1.54) is 17.7 Å². The van der Waals surface area contributed by atoms with E-state index in [9.17, 15) is 4.79 Å². The molecule has 1 heterocycles. The first-order chi connectivity index (χ1) is 13.0. The van der Waals surface area contributed by atoms with Crippen LogP contribution in [0.1, 0.15) is 30.9 Å². The van der Waals surface area contributed by atoms with Crippen LogP contribution >= 0.6 is 11.6 Å². The molecule has 1 aliphatic rings. The molecule has 0 aromatic heterocycles. The summed E-state index contributed by atoms with van der Waals surface area (Å²) < 4.78 is 5.72. The third kappa shape index (κ3) is 5.16. The number of hydrogen-bond acceptors (Lipinski definition) is 3. The number of aryl methyl sites for hydroxylation is 2. The molecule has 5 heteroatoms. The van der Waals surface area contributed by atoms with Gasteiger partial charge in [0.2, 0.25) is 0 Å². The Hall–Kier alpha value is -2.20. The fourth-order valence-corrected chi connectivity index (χ4v) is 3.53. The fraction of sp³-hybridized carbons (Fsp3) is 0.409. The van der Waals surface area contributed by atoms with E-state index in [4.69, 9.17) is 16.3 Å². The van der Waals surface area contributed by atoms with Gasteiger partial charge in [0.15, 0.2) is 6.10 Å². The van der Waals surface area contributed by atoms with E-state index in [1.807, 2.05) is 13.0 Å². The SMILES string of the molecule is Cc1cc(O[C@H](C)C(=O)NCCCN2CCCc3ccccc32)ccc1Cl. The maximum absolute atomic E-state index is 12.3. The molecule has 1 N–H and O–H groups in total. The van der Waals surface area contributed by atoms with Gasteiger partial charge in [0.1, 0.15) is 5.75 Å². The minimum atomic E-state index is -0.540. The molecule has 0 fully saturated rings. The standard InChI is InChI=1S/C22H27ClN2O2/c1-16-15-19(10-11-20(16)23)27-17(2)22(26)24-12-6-14-25-13-5-8-18-7-3-4-9-21(18)25/h3-4,7,9-11,15,17H,5-6,8,12-14H2,1-2H3,(H,24,26)/t17-/m1/s1. The van der Waals surface area contributed by atoms with E-state index in [2.05, 4.69) is 34.5 Å². The minimum Gasteiger partial charge on any atom is -0.481 e. The van der Waals surface area contributed by atoms with Gasteiger partial charge in [0, 0.05) is 30.3 Å². The second-order valence-electron chi connectivity index (χ2n) is 7.03. The third-order valence-corrected chi connectivity index (χ3v) is 5.35. The summed E-state index contributed by atoms with van der Waals surface area (Å²) in [4.78, 5) is 14.7. The van der Waals surface area contributed by atoms with E-state index < -0.39 is 6.10 Å². The number of hydrogen-bond donors (Lipinski definition) is 1. The number of nitrogens with zero attached hydrogens (tertiary/aromatic N) is 1. The topological polar surface area (TPSA) is 41.6 Å². The van der Waals surface area contributed by atoms with E-state index in [0.717, 1.165) is 31.5 Å². The summed E-state index contributed by atoms with van der Waals surface area (Å²) >= 11 is 6.02. The summed E-state index contributed by atoms with van der Waals surface area (Å²) in [6.07, 6.45) is 2.71. The largest absolute Gasteiger partial charge is 0.481 e. The molecule has 144 valence electrons. The number of rotatable bonds is 7. The average Bonchev–Trinajstić information content (AvgIpc) is 2.68. The van der Waals surface area contributed by atoms with Crippen LogP contribution in [-0.2, 0) is 11.2 Å². The van der Waals surface area contributed by atoms with Gasteiger partial charge in [-0.2, -0.15) is 0 Å². The van der Waals surface area contributed by atoms with Crippen LogP contribution < -0.4 is 15.0 Å². The van der Waals surface area contributed by atoms with Crippen molar-refractivity contribution in [1.29, 1.82) is 0 Å². The lowest BCUT2D eigenvalue weighted by molar-refractivity contribution is -0.127. The van der Waals surface area contributed by atoms with Crippen LogP contribution in [0, 0.1) is 6.92 Å². The number of carbonyl (C=O) groups is 1. The molecule has 1 atom stereocenters. The molecule has 2 aromatic rings. The number of benzene rings is 2. The van der Waals surface area contributed by atoms with Crippen LogP contribution in [0.25, 0.3) is 0 Å². The first kappa shape index (κ1) is 19.6. The van der Waals surface area contributed by atoms with Crippen molar-refractivity contribution in [1.82, 2.24) is 5.32 Å². The smallest absolute Gasteiger partial charge is 0.260 e. The minimum absolute atomic E-state index is 0.0957. The summed E-state index contributed by atoms with van der Waals surface area (Å²) in [6.45, 7) is 6.35. The van der Waals surface area contributed by atoms with Crippen molar-refractivity contribution < 1.29 is 9.53 Å². The number of carbonyl (C=O) groups excluding carboxylic acids is 1. The molecule has 0 aliphatic carbocycles. The Labute approximate surface area is 166 Å². The van der Waals surface area contributed by atoms with Gasteiger partial charge in [-0.25, -0.2) is 0 Å². The maximum Gasteiger partial charge on any atom is 0.260 e. The van der Waals surface area contributed by atoms with Gasteiger partial charge in [0.25, 0.3) is 5.91 Å². The van der Waals surface area contributed by atoms with Crippen LogP contribution in [0.3, 0.4) is 0 Å². The van der Waals surface area contributed by atoms with Crippen LogP contribution in [0.15, 0.2) is 42.5 Å². The second kappa shape index (κ2) is 9.14. The van der Waals surface area contributed by atoms with Crippen molar-refractivity contribution in [2.45, 2.75) is 39.2 Å². The Bertz CT molecular complexity index is 794. The average molecular weight is 387 g/mol. The number of ether oxygens (including phenoxy) is 1. The molecule has 0 bridgehead atoms. The second-order valence-corrected chi connectivity index (χ2v) is 7.44. The van der Waals surface area contributed by atoms with Crippen molar-refractivity contribution in [2.24, 2.45) is 0 Å². The van der Waals surface area contributed by atoms with Gasteiger partial charge in [-0.3, -0.25) is 4.79 Å². The molecule has 1 amide bonds. The first-order valence-corrected chi connectivity index (χ1v) is 9.96. The normalized spacial score (nSPS) is 14.4. The maximum atomic E-state index is 12.3. The van der Waals surface area contributed by atoms with Gasteiger partial charge < -0.3 is 15.0 Å². The molecule has 0 saturated carbocycles. The molecule has 0 saturated heterocycles. The van der Waals surface area contributed by atoms with E-state index in [0.29, 0.717) is 17.3 Å². The zero-order valence-corrected chi connectivity index (χ0v) is 16.8. The summed E-state index contributed by atoms with van der Waals surface area (Å²) in [5.41, 5.74) is 3.70. The zero-order valence-electron chi connectivity index (χ0n) is 16.0. The van der Waals surface area contributed by atoms with Crippen molar-refractivity contribution in [2.75, 3.05) is 24.5 Å². The van der Waals surface area contributed by atoms with Gasteiger partial charge in [-0.15, -0.1) is 0 Å². The van der Waals surface area contributed by atoms with Crippen LogP contribution in [0.5, 0.6) is 5.75 Å². The Morgan fingerprint density at radius 2 is 2.11 bits per heavy atom. The molecule has 0 spiro atoms. The highest BCUT2D eigenvalue weighted by atomic mass is 35.5. The molecule has 3 rings (SSSR count). The van der Waals surface area contributed by atoms with Crippen molar-refractivity contribution in [3.8, 4) is 5.75 Å². The predicted molar refractivity (Wildman–Crippen MR) is 111 cm³/mol. The Balaban J connectivity index is 1.42. The molecular formula is C22H27ClN2O2. The van der Waals surface area contributed by atoms with Gasteiger partial charge in [0.05, 0.1) is 0 Å². The molecule has 0 radical (unpaired) electrons. The van der Waals surface area contributed by atoms with E-state index in [1.54, 1.807) is 19.1 Å². The molecule has 27 heavy (non-hydrogen) atoms. The summed E-state index contributed by atoms with van der Waals surface area (Å²) in [5, 5.41) is 3.67. The third-order valence-electron chi connectivity index (χ3n) is 4.92. The lowest BCUT2D eigenvalue weighted by Crippen LogP contribution is -2.38. The van der Waals surface area contributed by atoms with Gasteiger partial charge in [-0.05, 0) is 68.5 Å². The first-order valence-electron chi connectivity index (χ1n) is 9.58. The quantitative estimate of drug-likeness (QED) is 0.718. The number of halogens is 1. The molecular weight excluding hydrogens is 360 g/mol. The molecule has 4 nitrogen and oxygen atoms in total. The summed E-state index contributed by atoms with van der Waals surface area (Å²) in [7, 11) is 0. The van der Waals surface area contributed by atoms with Gasteiger partial charge in [-0.1, -0.05) is 29.8 Å². The fourth-order valence-electron chi connectivity index (χ4n) is 3.42. The highest BCUT2D eigenvalue weighted by Crippen LogP contribution is 2.26. The Kier molecular flexibility index (Phi) is 6.62. The van der Waals surface area contributed by atoms with Crippen LogP contribution in [0.4, 0.5) is 5.69 Å². The van der Waals surface area contributed by atoms with Crippen LogP contribution in [-0.4, -0.2) is 31.6 Å². The number of nitrogens with one attached hydrogen (secondary N) is 1. The highest BCUT2D eigenvalue weighted by molar-refractivity contribution is 6.31. The van der Waals surface area contributed by atoms with Crippen LogP contribution in [0.2, 0.25) is 5.02 Å². The van der Waals surface area contributed by atoms with E-state index in [-0.39, 0.29) is 5.91 Å². The van der Waals surface area contributed by atoms with Crippen molar-refractivity contribution >= 4 is 23.2 Å². The van der Waals surface area contributed by atoms with Gasteiger partial charge >= 0.3 is 0 Å². The number of fused-ring (bicyclic) bond motifs is 1.